The molecule has 6 heteroatoms. The molecule has 1 N–H and O–H groups in total. The molecule has 2 aromatic rings. The zero-order valence-electron chi connectivity index (χ0n) is 9.98. The van der Waals surface area contributed by atoms with Crippen molar-refractivity contribution in [3.05, 3.63) is 35.1 Å². The van der Waals surface area contributed by atoms with Gasteiger partial charge in [-0.05, 0) is 28.1 Å². The highest BCUT2D eigenvalue weighted by atomic mass is 79.9. The van der Waals surface area contributed by atoms with E-state index in [9.17, 15) is 0 Å². The lowest BCUT2D eigenvalue weighted by molar-refractivity contribution is 0.368. The highest BCUT2D eigenvalue weighted by Crippen LogP contribution is 2.36. The van der Waals surface area contributed by atoms with Crippen LogP contribution in [0.15, 0.2) is 35.1 Å². The second-order valence-electron chi connectivity index (χ2n) is 3.34. The minimum Gasteiger partial charge on any atom is -0.489 e. The lowest BCUT2D eigenvalue weighted by atomic mass is 10.3. The van der Waals surface area contributed by atoms with Crippen molar-refractivity contribution in [2.75, 3.05) is 19.5 Å². The molecule has 0 amide bonds. The number of aromatic nitrogens is 2. The van der Waals surface area contributed by atoms with Gasteiger partial charge in [-0.15, -0.1) is 0 Å². The van der Waals surface area contributed by atoms with Crippen molar-refractivity contribution in [3.63, 3.8) is 0 Å². The van der Waals surface area contributed by atoms with Gasteiger partial charge in [0.25, 0.3) is 5.88 Å². The average Bonchev–Trinajstić information content (AvgIpc) is 2.41. The van der Waals surface area contributed by atoms with E-state index >= 15 is 0 Å². The van der Waals surface area contributed by atoms with E-state index in [0.29, 0.717) is 23.2 Å². The molecule has 0 saturated heterocycles. The summed E-state index contributed by atoms with van der Waals surface area (Å²) in [6.45, 7) is 0. The fraction of sp³-hybridized carbons (Fsp3) is 0.167. The first-order chi connectivity index (χ1) is 8.76. The molecule has 0 spiro atoms. The number of nitrogens with one attached hydrogen (secondary N) is 1. The van der Waals surface area contributed by atoms with E-state index in [4.69, 9.17) is 9.47 Å². The van der Waals surface area contributed by atoms with E-state index in [1.165, 1.54) is 6.33 Å². The number of methoxy groups -OCH3 is 1. The van der Waals surface area contributed by atoms with Crippen LogP contribution >= 0.6 is 15.9 Å². The van der Waals surface area contributed by atoms with Gasteiger partial charge in [0.15, 0.2) is 5.82 Å². The molecule has 0 fully saturated rings. The normalized spacial score (nSPS) is 9.94. The maximum absolute atomic E-state index is 5.71. The summed E-state index contributed by atoms with van der Waals surface area (Å²) in [5, 5.41) is 2.92. The summed E-state index contributed by atoms with van der Waals surface area (Å²) in [6, 6.07) is 7.52. The van der Waals surface area contributed by atoms with Crippen molar-refractivity contribution in [1.82, 2.24) is 9.97 Å². The van der Waals surface area contributed by atoms with Gasteiger partial charge in [-0.25, -0.2) is 4.98 Å². The van der Waals surface area contributed by atoms with Gasteiger partial charge < -0.3 is 14.8 Å². The SMILES string of the molecule is CNc1ncnc(Oc2ccccc2Br)c1OC. The van der Waals surface area contributed by atoms with Crippen molar-refractivity contribution in [2.24, 2.45) is 0 Å². The Morgan fingerprint density at radius 1 is 1.22 bits per heavy atom. The number of para-hydroxylation sites is 1. The summed E-state index contributed by atoms with van der Waals surface area (Å²) in [5.41, 5.74) is 0. The van der Waals surface area contributed by atoms with Crippen molar-refractivity contribution in [2.45, 2.75) is 0 Å². The Balaban J connectivity index is 2.37. The van der Waals surface area contributed by atoms with Crippen LogP contribution in [0.4, 0.5) is 5.82 Å². The molecular weight excluding hydrogens is 298 g/mol. The summed E-state index contributed by atoms with van der Waals surface area (Å²) in [6.07, 6.45) is 1.42. The Hall–Kier alpha value is -1.82. The highest BCUT2D eigenvalue weighted by Gasteiger charge is 2.14. The molecule has 0 bridgehead atoms. The van der Waals surface area contributed by atoms with Crippen LogP contribution in [0, 0.1) is 0 Å². The number of hydrogen-bond acceptors (Lipinski definition) is 5. The molecule has 5 nitrogen and oxygen atoms in total. The molecule has 94 valence electrons. The smallest absolute Gasteiger partial charge is 0.268 e. The molecule has 0 saturated carbocycles. The monoisotopic (exact) mass is 309 g/mol. The fourth-order valence-corrected chi connectivity index (χ4v) is 1.79. The third-order valence-corrected chi connectivity index (χ3v) is 2.91. The van der Waals surface area contributed by atoms with Crippen LogP contribution in [0.5, 0.6) is 17.4 Å². The fourth-order valence-electron chi connectivity index (χ4n) is 1.42. The van der Waals surface area contributed by atoms with Crippen LogP contribution in [0.25, 0.3) is 0 Å². The van der Waals surface area contributed by atoms with Crippen LogP contribution in [0.2, 0.25) is 0 Å². The number of anilines is 1. The average molecular weight is 310 g/mol. The second kappa shape index (κ2) is 5.68. The Bertz CT molecular complexity index is 549. The summed E-state index contributed by atoms with van der Waals surface area (Å²) < 4.78 is 11.8. The Morgan fingerprint density at radius 3 is 2.67 bits per heavy atom. The number of nitrogens with zero attached hydrogens (tertiary/aromatic N) is 2. The minimum atomic E-state index is 0.365. The minimum absolute atomic E-state index is 0.365. The van der Waals surface area contributed by atoms with Gasteiger partial charge in [0.1, 0.15) is 12.1 Å². The van der Waals surface area contributed by atoms with E-state index < -0.39 is 0 Å². The van der Waals surface area contributed by atoms with Gasteiger partial charge in [-0.1, -0.05) is 12.1 Å². The van der Waals surface area contributed by atoms with Crippen molar-refractivity contribution >= 4 is 21.7 Å². The lowest BCUT2D eigenvalue weighted by Crippen LogP contribution is -2.01. The number of hydrogen-bond donors (Lipinski definition) is 1. The molecule has 1 aromatic heterocycles. The number of rotatable bonds is 4. The molecule has 1 aromatic carbocycles. The van der Waals surface area contributed by atoms with Crippen molar-refractivity contribution in [3.8, 4) is 17.4 Å². The first kappa shape index (κ1) is 12.6. The van der Waals surface area contributed by atoms with Gasteiger partial charge >= 0.3 is 0 Å². The molecular formula is C12H12BrN3O2. The van der Waals surface area contributed by atoms with Gasteiger partial charge in [0.05, 0.1) is 11.6 Å². The molecule has 0 aliphatic carbocycles. The summed E-state index contributed by atoms with van der Waals surface area (Å²) in [7, 11) is 3.31. The highest BCUT2D eigenvalue weighted by molar-refractivity contribution is 9.10. The molecule has 1 heterocycles. The molecule has 0 unspecified atom stereocenters. The lowest BCUT2D eigenvalue weighted by Gasteiger charge is -2.12. The number of benzene rings is 1. The topological polar surface area (TPSA) is 56.3 Å². The van der Waals surface area contributed by atoms with Gasteiger partial charge in [-0.3, -0.25) is 0 Å². The van der Waals surface area contributed by atoms with Crippen LogP contribution in [-0.2, 0) is 0 Å². The Kier molecular flexibility index (Phi) is 3.99. The van der Waals surface area contributed by atoms with Crippen LogP contribution in [0.3, 0.4) is 0 Å². The first-order valence-corrected chi connectivity index (χ1v) is 6.04. The number of halogens is 1. The maximum atomic E-state index is 5.71. The zero-order valence-corrected chi connectivity index (χ0v) is 11.6. The zero-order chi connectivity index (χ0) is 13.0. The Labute approximate surface area is 113 Å². The van der Waals surface area contributed by atoms with E-state index in [1.807, 2.05) is 24.3 Å². The first-order valence-electron chi connectivity index (χ1n) is 5.25. The van der Waals surface area contributed by atoms with Gasteiger partial charge in [0, 0.05) is 7.05 Å². The van der Waals surface area contributed by atoms with Crippen molar-refractivity contribution in [1.29, 1.82) is 0 Å². The summed E-state index contributed by atoms with van der Waals surface area (Å²) >= 11 is 3.41. The molecule has 0 atom stereocenters. The Morgan fingerprint density at radius 2 is 2.00 bits per heavy atom. The van der Waals surface area contributed by atoms with E-state index in [-0.39, 0.29) is 0 Å². The molecule has 18 heavy (non-hydrogen) atoms. The molecule has 0 radical (unpaired) electrons. The molecule has 0 aliphatic heterocycles. The van der Waals surface area contributed by atoms with E-state index in [1.54, 1.807) is 14.2 Å². The van der Waals surface area contributed by atoms with Crippen LogP contribution in [0.1, 0.15) is 0 Å². The van der Waals surface area contributed by atoms with E-state index in [2.05, 4.69) is 31.2 Å². The standard InChI is InChI=1S/C12H12BrN3O2/c1-14-11-10(17-2)12(16-7-15-11)18-9-6-4-3-5-8(9)13/h3-7H,1-2H3,(H,14,15,16). The summed E-state index contributed by atoms with van der Waals surface area (Å²) in [5.74, 6) is 2.07. The molecule has 2 rings (SSSR count). The predicted octanol–water partition coefficient (Wildman–Crippen LogP) is 3.08. The van der Waals surface area contributed by atoms with Crippen molar-refractivity contribution < 1.29 is 9.47 Å². The second-order valence-corrected chi connectivity index (χ2v) is 4.20. The summed E-state index contributed by atoms with van der Waals surface area (Å²) in [4.78, 5) is 8.13. The van der Waals surface area contributed by atoms with E-state index in [0.717, 1.165) is 4.47 Å². The quantitative estimate of drug-likeness (QED) is 0.940. The third-order valence-electron chi connectivity index (χ3n) is 2.26. The third kappa shape index (κ3) is 2.53. The maximum Gasteiger partial charge on any atom is 0.268 e. The van der Waals surface area contributed by atoms with Crippen LogP contribution in [-0.4, -0.2) is 24.1 Å². The number of ether oxygens (including phenoxy) is 2. The largest absolute Gasteiger partial charge is 0.489 e. The predicted molar refractivity (Wildman–Crippen MR) is 72.3 cm³/mol. The van der Waals surface area contributed by atoms with Gasteiger partial charge in [-0.2, -0.15) is 4.98 Å². The van der Waals surface area contributed by atoms with Gasteiger partial charge in [0.2, 0.25) is 5.75 Å². The van der Waals surface area contributed by atoms with Crippen LogP contribution < -0.4 is 14.8 Å². The molecule has 0 aliphatic rings.